The minimum Gasteiger partial charge on any atom is -0.481 e. The van der Waals surface area contributed by atoms with Crippen LogP contribution in [0.3, 0.4) is 0 Å². The summed E-state index contributed by atoms with van der Waals surface area (Å²) in [6, 6.07) is 0. The third kappa shape index (κ3) is 4.89. The molecule has 100 valence electrons. The van der Waals surface area contributed by atoms with E-state index in [2.05, 4.69) is 10.3 Å². The van der Waals surface area contributed by atoms with Crippen LogP contribution in [0.15, 0.2) is 0 Å². The minimum absolute atomic E-state index is 0.213. The number of ether oxygens (including phenoxy) is 1. The monoisotopic (exact) mass is 292 g/mol. The zero-order valence-corrected chi connectivity index (χ0v) is 11.7. The van der Waals surface area contributed by atoms with Crippen LogP contribution in [-0.4, -0.2) is 27.8 Å². The molecule has 0 unspecified atom stereocenters. The van der Waals surface area contributed by atoms with Crippen molar-refractivity contribution in [1.82, 2.24) is 4.98 Å². The Morgan fingerprint density at radius 2 is 2.11 bits per heavy atom. The van der Waals surface area contributed by atoms with Crippen LogP contribution in [0.25, 0.3) is 0 Å². The number of nitrogens with one attached hydrogen (secondary N) is 1. The van der Waals surface area contributed by atoms with Gasteiger partial charge in [-0.1, -0.05) is 22.9 Å². The van der Waals surface area contributed by atoms with Gasteiger partial charge in [0, 0.05) is 0 Å². The van der Waals surface area contributed by atoms with Crippen LogP contribution >= 0.6 is 22.9 Å². The molecule has 2 N–H and O–H groups in total. The summed E-state index contributed by atoms with van der Waals surface area (Å²) in [5.41, 5.74) is -0.394. The Balaban J connectivity index is 2.69. The van der Waals surface area contributed by atoms with Crippen molar-refractivity contribution in [3.05, 3.63) is 10.0 Å². The van der Waals surface area contributed by atoms with Crippen molar-refractivity contribution < 1.29 is 19.4 Å². The molecule has 18 heavy (non-hydrogen) atoms. The molecule has 1 rings (SSSR count). The summed E-state index contributed by atoms with van der Waals surface area (Å²) in [5, 5.41) is 11.2. The molecule has 0 radical (unpaired) electrons. The number of halogens is 1. The number of hydrogen-bond donors (Lipinski definition) is 2. The first-order valence-corrected chi connectivity index (χ1v) is 6.24. The number of amides is 1. The van der Waals surface area contributed by atoms with E-state index in [1.54, 1.807) is 20.8 Å². The number of nitrogens with zero attached hydrogens (tertiary/aromatic N) is 1. The Morgan fingerprint density at radius 3 is 2.61 bits per heavy atom. The van der Waals surface area contributed by atoms with Gasteiger partial charge in [0.25, 0.3) is 0 Å². The second kappa shape index (κ2) is 5.53. The normalized spacial score (nSPS) is 11.1. The molecule has 0 fully saturated rings. The molecule has 0 saturated heterocycles. The molecule has 0 aliphatic heterocycles. The van der Waals surface area contributed by atoms with Gasteiger partial charge in [-0.05, 0) is 20.8 Å². The molecule has 0 atom stereocenters. The van der Waals surface area contributed by atoms with Gasteiger partial charge in [0.15, 0.2) is 5.13 Å². The summed E-state index contributed by atoms with van der Waals surface area (Å²) in [6.45, 7) is 5.20. The van der Waals surface area contributed by atoms with Gasteiger partial charge in [0.2, 0.25) is 0 Å². The highest BCUT2D eigenvalue weighted by Gasteiger charge is 2.19. The molecule has 8 heteroatoms. The van der Waals surface area contributed by atoms with Gasteiger partial charge >= 0.3 is 12.1 Å². The van der Waals surface area contributed by atoms with Crippen molar-refractivity contribution >= 4 is 40.1 Å². The van der Waals surface area contributed by atoms with Gasteiger partial charge in [0.05, 0.1) is 12.1 Å². The van der Waals surface area contributed by atoms with E-state index in [1.165, 1.54) is 0 Å². The number of hydrogen-bond acceptors (Lipinski definition) is 5. The molecule has 1 aromatic heterocycles. The summed E-state index contributed by atoms with van der Waals surface area (Å²) in [7, 11) is 0. The number of carbonyl (C=O) groups excluding carboxylic acids is 1. The smallest absolute Gasteiger partial charge is 0.413 e. The Kier molecular flexibility index (Phi) is 4.53. The molecule has 1 heterocycles. The van der Waals surface area contributed by atoms with Crippen molar-refractivity contribution in [3.8, 4) is 0 Å². The predicted molar refractivity (Wildman–Crippen MR) is 68.3 cm³/mol. The van der Waals surface area contributed by atoms with Crippen molar-refractivity contribution in [2.24, 2.45) is 0 Å². The maximum atomic E-state index is 11.4. The quantitative estimate of drug-likeness (QED) is 0.894. The highest BCUT2D eigenvalue weighted by atomic mass is 35.5. The third-order valence-electron chi connectivity index (χ3n) is 1.58. The van der Waals surface area contributed by atoms with Crippen LogP contribution in [0.1, 0.15) is 26.5 Å². The van der Waals surface area contributed by atoms with Gasteiger partial charge in [0.1, 0.15) is 9.94 Å². The van der Waals surface area contributed by atoms with Crippen LogP contribution in [0.4, 0.5) is 9.93 Å². The number of carbonyl (C=O) groups is 2. The molecule has 1 amide bonds. The summed E-state index contributed by atoms with van der Waals surface area (Å²) in [4.78, 5) is 25.9. The Labute approximate surface area is 113 Å². The number of carboxylic acid groups (broad SMARTS) is 1. The summed E-state index contributed by atoms with van der Waals surface area (Å²) >= 11 is 6.80. The number of rotatable bonds is 3. The summed E-state index contributed by atoms with van der Waals surface area (Å²) in [5.74, 6) is -1.04. The average molecular weight is 293 g/mol. The Hall–Kier alpha value is -1.34. The van der Waals surface area contributed by atoms with Crippen molar-refractivity contribution in [3.63, 3.8) is 0 Å². The fraction of sp³-hybridized carbons (Fsp3) is 0.500. The van der Waals surface area contributed by atoms with Crippen LogP contribution < -0.4 is 5.32 Å². The lowest BCUT2D eigenvalue weighted by molar-refractivity contribution is -0.136. The van der Waals surface area contributed by atoms with E-state index in [9.17, 15) is 9.59 Å². The molecule has 0 aliphatic carbocycles. The van der Waals surface area contributed by atoms with Crippen molar-refractivity contribution in [2.45, 2.75) is 32.8 Å². The highest BCUT2D eigenvalue weighted by Crippen LogP contribution is 2.28. The Bertz CT molecular complexity index is 467. The lowest BCUT2D eigenvalue weighted by Gasteiger charge is -2.18. The fourth-order valence-electron chi connectivity index (χ4n) is 1.03. The second-order valence-corrected chi connectivity index (χ2v) is 6.04. The first kappa shape index (κ1) is 14.7. The predicted octanol–water partition coefficient (Wildman–Crippen LogP) is 2.77. The number of aliphatic carboxylic acids is 1. The standard InChI is InChI=1S/C10H13ClN2O4S/c1-10(2,3)17-9(16)13-8-12-5(4-6(14)15)7(11)18-8/h4H2,1-3H3,(H,14,15)(H,12,13,16). The second-order valence-electron chi connectivity index (χ2n) is 4.44. The molecule has 1 aromatic rings. The van der Waals surface area contributed by atoms with Crippen LogP contribution in [0, 0.1) is 0 Å². The molecular formula is C10H13ClN2O4S. The van der Waals surface area contributed by atoms with E-state index in [0.29, 0.717) is 0 Å². The number of aromatic nitrogens is 1. The summed E-state index contributed by atoms with van der Waals surface area (Å²) < 4.78 is 5.27. The lowest BCUT2D eigenvalue weighted by atomic mass is 10.2. The molecule has 0 aromatic carbocycles. The summed E-state index contributed by atoms with van der Waals surface area (Å²) in [6.07, 6.45) is -0.944. The van der Waals surface area contributed by atoms with Crippen molar-refractivity contribution in [2.75, 3.05) is 5.32 Å². The minimum atomic E-state index is -1.04. The van der Waals surface area contributed by atoms with Gasteiger partial charge in [-0.3, -0.25) is 10.1 Å². The zero-order valence-electron chi connectivity index (χ0n) is 10.1. The first-order valence-electron chi connectivity index (χ1n) is 5.04. The van der Waals surface area contributed by atoms with E-state index < -0.39 is 17.7 Å². The van der Waals surface area contributed by atoms with E-state index in [0.717, 1.165) is 11.3 Å². The fourth-order valence-corrected chi connectivity index (χ4v) is 2.05. The largest absolute Gasteiger partial charge is 0.481 e. The van der Waals surface area contributed by atoms with Crippen LogP contribution in [0.2, 0.25) is 4.34 Å². The molecular weight excluding hydrogens is 280 g/mol. The maximum absolute atomic E-state index is 11.4. The zero-order chi connectivity index (χ0) is 13.9. The number of thiazole rings is 1. The van der Waals surface area contributed by atoms with Crippen LogP contribution in [0.5, 0.6) is 0 Å². The van der Waals surface area contributed by atoms with Gasteiger partial charge in [-0.2, -0.15) is 0 Å². The van der Waals surface area contributed by atoms with Gasteiger partial charge in [-0.25, -0.2) is 9.78 Å². The topological polar surface area (TPSA) is 88.5 Å². The Morgan fingerprint density at radius 1 is 1.50 bits per heavy atom. The van der Waals surface area contributed by atoms with Crippen LogP contribution in [-0.2, 0) is 16.0 Å². The van der Waals surface area contributed by atoms with Gasteiger partial charge < -0.3 is 9.84 Å². The lowest BCUT2D eigenvalue weighted by Crippen LogP contribution is -2.27. The van der Waals surface area contributed by atoms with E-state index >= 15 is 0 Å². The van der Waals surface area contributed by atoms with E-state index in [-0.39, 0.29) is 21.6 Å². The average Bonchev–Trinajstić information content (AvgIpc) is 2.41. The third-order valence-corrected chi connectivity index (χ3v) is 2.83. The molecule has 0 saturated carbocycles. The van der Waals surface area contributed by atoms with Gasteiger partial charge in [-0.15, -0.1) is 0 Å². The highest BCUT2D eigenvalue weighted by molar-refractivity contribution is 7.19. The number of carboxylic acids is 1. The molecule has 0 spiro atoms. The SMILES string of the molecule is CC(C)(C)OC(=O)Nc1nc(CC(=O)O)c(Cl)s1. The maximum Gasteiger partial charge on any atom is 0.413 e. The van der Waals surface area contributed by atoms with E-state index in [1.807, 2.05) is 0 Å². The molecule has 0 bridgehead atoms. The first-order chi connectivity index (χ1) is 8.17. The van der Waals surface area contributed by atoms with E-state index in [4.69, 9.17) is 21.4 Å². The molecule has 0 aliphatic rings. The van der Waals surface area contributed by atoms with Crippen molar-refractivity contribution in [1.29, 1.82) is 0 Å². The molecule has 6 nitrogen and oxygen atoms in total. The number of anilines is 1.